The Balaban J connectivity index is 2.95. The van der Waals surface area contributed by atoms with Crippen LogP contribution in [-0.4, -0.2) is 17.6 Å². The van der Waals surface area contributed by atoms with Gasteiger partial charge in [0.1, 0.15) is 4.60 Å². The number of carbonyl (C=O) groups excluding carboxylic acids is 1. The second-order valence-electron chi connectivity index (χ2n) is 2.49. The summed E-state index contributed by atoms with van der Waals surface area (Å²) in [6.45, 7) is 3.94. The fraction of sp³-hybridized carbons (Fsp3) is 0.333. The summed E-state index contributed by atoms with van der Waals surface area (Å²) >= 11 is 3.22. The number of halogens is 1. The van der Waals surface area contributed by atoms with E-state index in [1.54, 1.807) is 26.0 Å². The highest BCUT2D eigenvalue weighted by atomic mass is 79.9. The molecule has 4 heteroatoms. The molecule has 0 aliphatic rings. The minimum atomic E-state index is -0.319. The number of pyridine rings is 1. The molecule has 0 spiro atoms. The molecule has 0 saturated carbocycles. The zero-order valence-electron chi connectivity index (χ0n) is 7.50. The molecule has 0 aliphatic carbocycles. The van der Waals surface area contributed by atoms with E-state index in [9.17, 15) is 4.79 Å². The summed E-state index contributed by atoms with van der Waals surface area (Å²) in [5.74, 6) is -0.319. The van der Waals surface area contributed by atoms with Crippen LogP contribution in [0.2, 0.25) is 0 Å². The van der Waals surface area contributed by atoms with E-state index in [1.165, 1.54) is 0 Å². The molecule has 0 unspecified atom stereocenters. The van der Waals surface area contributed by atoms with Crippen LogP contribution in [0, 0.1) is 6.92 Å². The van der Waals surface area contributed by atoms with Crippen molar-refractivity contribution in [3.8, 4) is 0 Å². The number of aromatic nitrogens is 1. The first-order valence-corrected chi connectivity index (χ1v) is 4.74. The fourth-order valence-electron chi connectivity index (χ4n) is 0.955. The van der Waals surface area contributed by atoms with Crippen LogP contribution in [0.5, 0.6) is 0 Å². The van der Waals surface area contributed by atoms with E-state index in [-0.39, 0.29) is 5.97 Å². The van der Waals surface area contributed by atoms with Crippen molar-refractivity contribution >= 4 is 21.9 Å². The normalized spacial score (nSPS) is 9.77. The average Bonchev–Trinajstić information content (AvgIpc) is 2.04. The number of ether oxygens (including phenoxy) is 1. The van der Waals surface area contributed by atoms with Crippen molar-refractivity contribution in [1.82, 2.24) is 4.98 Å². The van der Waals surface area contributed by atoms with Gasteiger partial charge in [0.05, 0.1) is 17.9 Å². The Morgan fingerprint density at radius 2 is 2.31 bits per heavy atom. The SMILES string of the molecule is CCOC(=O)c1ccc(Br)nc1C. The maximum absolute atomic E-state index is 11.3. The maximum atomic E-state index is 11.3. The Kier molecular flexibility index (Phi) is 3.42. The molecule has 0 amide bonds. The number of aryl methyl sites for hydroxylation is 1. The van der Waals surface area contributed by atoms with E-state index in [0.29, 0.717) is 17.9 Å². The molecule has 1 aromatic heterocycles. The molecule has 70 valence electrons. The lowest BCUT2D eigenvalue weighted by molar-refractivity contribution is 0.0525. The van der Waals surface area contributed by atoms with Gasteiger partial charge in [-0.3, -0.25) is 0 Å². The van der Waals surface area contributed by atoms with Crippen molar-refractivity contribution in [2.24, 2.45) is 0 Å². The van der Waals surface area contributed by atoms with Crippen LogP contribution < -0.4 is 0 Å². The largest absolute Gasteiger partial charge is 0.462 e. The summed E-state index contributed by atoms with van der Waals surface area (Å²) in [4.78, 5) is 15.4. The van der Waals surface area contributed by atoms with Gasteiger partial charge >= 0.3 is 5.97 Å². The molecule has 0 N–H and O–H groups in total. The molecule has 1 rings (SSSR count). The highest BCUT2D eigenvalue weighted by Crippen LogP contribution is 2.12. The topological polar surface area (TPSA) is 39.2 Å². The maximum Gasteiger partial charge on any atom is 0.339 e. The second kappa shape index (κ2) is 4.37. The molecule has 0 saturated heterocycles. The standard InChI is InChI=1S/C9H10BrNO2/c1-3-13-9(12)7-4-5-8(10)11-6(7)2/h4-5H,3H2,1-2H3. The third kappa shape index (κ3) is 2.52. The summed E-state index contributed by atoms with van der Waals surface area (Å²) in [6, 6.07) is 3.42. The molecular formula is C9H10BrNO2. The van der Waals surface area contributed by atoms with Crippen molar-refractivity contribution in [3.05, 3.63) is 28.0 Å². The Hall–Kier alpha value is -0.900. The molecular weight excluding hydrogens is 234 g/mol. The van der Waals surface area contributed by atoms with Crippen molar-refractivity contribution < 1.29 is 9.53 Å². The van der Waals surface area contributed by atoms with Gasteiger partial charge in [0.25, 0.3) is 0 Å². The number of carbonyl (C=O) groups is 1. The third-order valence-corrected chi connectivity index (χ3v) is 1.99. The smallest absolute Gasteiger partial charge is 0.339 e. The predicted molar refractivity (Wildman–Crippen MR) is 52.6 cm³/mol. The fourth-order valence-corrected chi connectivity index (χ4v) is 1.35. The molecule has 0 atom stereocenters. The predicted octanol–water partition coefficient (Wildman–Crippen LogP) is 2.33. The van der Waals surface area contributed by atoms with Crippen LogP contribution in [0.3, 0.4) is 0 Å². The van der Waals surface area contributed by atoms with Crippen LogP contribution in [0.1, 0.15) is 23.0 Å². The zero-order valence-corrected chi connectivity index (χ0v) is 9.09. The molecule has 3 nitrogen and oxygen atoms in total. The summed E-state index contributed by atoms with van der Waals surface area (Å²) in [6.07, 6.45) is 0. The average molecular weight is 244 g/mol. The lowest BCUT2D eigenvalue weighted by Crippen LogP contribution is -2.07. The second-order valence-corrected chi connectivity index (χ2v) is 3.30. The quantitative estimate of drug-likeness (QED) is 0.592. The Morgan fingerprint density at radius 3 is 2.85 bits per heavy atom. The van der Waals surface area contributed by atoms with E-state index >= 15 is 0 Å². The number of rotatable bonds is 2. The minimum Gasteiger partial charge on any atom is -0.462 e. The lowest BCUT2D eigenvalue weighted by atomic mass is 10.2. The summed E-state index contributed by atoms with van der Waals surface area (Å²) < 4.78 is 5.57. The number of esters is 1. The molecule has 13 heavy (non-hydrogen) atoms. The molecule has 0 radical (unpaired) electrons. The van der Waals surface area contributed by atoms with Crippen molar-refractivity contribution in [2.45, 2.75) is 13.8 Å². The summed E-state index contributed by atoms with van der Waals surface area (Å²) in [7, 11) is 0. The van der Waals surface area contributed by atoms with E-state index in [1.807, 2.05) is 0 Å². The molecule has 0 fully saturated rings. The molecule has 1 aromatic rings. The first kappa shape index (κ1) is 10.2. The van der Waals surface area contributed by atoms with Crippen LogP contribution in [-0.2, 0) is 4.74 Å². The van der Waals surface area contributed by atoms with Gasteiger partial charge < -0.3 is 4.74 Å². The van der Waals surface area contributed by atoms with Crippen molar-refractivity contribution in [1.29, 1.82) is 0 Å². The molecule has 0 aliphatic heterocycles. The number of nitrogens with zero attached hydrogens (tertiary/aromatic N) is 1. The van der Waals surface area contributed by atoms with Gasteiger partial charge in [-0.05, 0) is 41.9 Å². The van der Waals surface area contributed by atoms with Gasteiger partial charge in [-0.1, -0.05) is 0 Å². The first-order valence-electron chi connectivity index (χ1n) is 3.95. The Morgan fingerprint density at radius 1 is 1.62 bits per heavy atom. The zero-order chi connectivity index (χ0) is 9.84. The molecule has 0 bridgehead atoms. The summed E-state index contributed by atoms with van der Waals surface area (Å²) in [5.41, 5.74) is 1.19. The van der Waals surface area contributed by atoms with Crippen molar-refractivity contribution in [3.63, 3.8) is 0 Å². The number of hydrogen-bond acceptors (Lipinski definition) is 3. The summed E-state index contributed by atoms with van der Waals surface area (Å²) in [5, 5.41) is 0. The van der Waals surface area contributed by atoms with E-state index in [0.717, 1.165) is 4.60 Å². The van der Waals surface area contributed by atoms with Crippen LogP contribution >= 0.6 is 15.9 Å². The van der Waals surface area contributed by atoms with Crippen molar-refractivity contribution in [2.75, 3.05) is 6.61 Å². The third-order valence-electron chi connectivity index (χ3n) is 1.55. The lowest BCUT2D eigenvalue weighted by Gasteiger charge is -2.04. The molecule has 1 heterocycles. The van der Waals surface area contributed by atoms with Crippen LogP contribution in [0.25, 0.3) is 0 Å². The van der Waals surface area contributed by atoms with Gasteiger partial charge in [-0.25, -0.2) is 9.78 Å². The minimum absolute atomic E-state index is 0.319. The van der Waals surface area contributed by atoms with E-state index < -0.39 is 0 Å². The number of hydrogen-bond donors (Lipinski definition) is 0. The van der Waals surface area contributed by atoms with Gasteiger partial charge in [0.2, 0.25) is 0 Å². The monoisotopic (exact) mass is 243 g/mol. The van der Waals surface area contributed by atoms with Gasteiger partial charge in [-0.15, -0.1) is 0 Å². The van der Waals surface area contributed by atoms with Gasteiger partial charge in [0.15, 0.2) is 0 Å². The Bertz CT molecular complexity index is 325. The molecule has 0 aromatic carbocycles. The highest BCUT2D eigenvalue weighted by Gasteiger charge is 2.10. The van der Waals surface area contributed by atoms with Crippen LogP contribution in [0.15, 0.2) is 16.7 Å². The van der Waals surface area contributed by atoms with E-state index in [2.05, 4.69) is 20.9 Å². The van der Waals surface area contributed by atoms with Gasteiger partial charge in [0, 0.05) is 0 Å². The van der Waals surface area contributed by atoms with Crippen LogP contribution in [0.4, 0.5) is 0 Å². The highest BCUT2D eigenvalue weighted by molar-refractivity contribution is 9.10. The first-order chi connectivity index (χ1) is 6.15. The van der Waals surface area contributed by atoms with E-state index in [4.69, 9.17) is 4.74 Å². The Labute approximate surface area is 85.3 Å². The van der Waals surface area contributed by atoms with Gasteiger partial charge in [-0.2, -0.15) is 0 Å².